The van der Waals surface area contributed by atoms with Crippen LogP contribution in [0.4, 0.5) is 0 Å². The van der Waals surface area contributed by atoms with E-state index in [1.165, 1.54) is 38.5 Å². The van der Waals surface area contributed by atoms with Gasteiger partial charge in [-0.3, -0.25) is 9.59 Å². The lowest BCUT2D eigenvalue weighted by molar-refractivity contribution is -0.135. The summed E-state index contributed by atoms with van der Waals surface area (Å²) in [6, 6.07) is 1.81. The van der Waals surface area contributed by atoms with E-state index in [9.17, 15) is 9.59 Å². The number of nitrogens with zero attached hydrogens (tertiary/aromatic N) is 2. The first-order chi connectivity index (χ1) is 12.4. The van der Waals surface area contributed by atoms with Gasteiger partial charge in [0.15, 0.2) is 0 Å². The van der Waals surface area contributed by atoms with Crippen LogP contribution in [0.25, 0.3) is 0 Å². The van der Waals surface area contributed by atoms with Crippen molar-refractivity contribution in [2.75, 3.05) is 13.6 Å². The van der Waals surface area contributed by atoms with Gasteiger partial charge in [-0.05, 0) is 68.6 Å². The molecule has 6 heteroatoms. The van der Waals surface area contributed by atoms with Gasteiger partial charge in [0.1, 0.15) is 11.5 Å². The van der Waals surface area contributed by atoms with E-state index in [-0.39, 0.29) is 23.8 Å². The Morgan fingerprint density at radius 1 is 1.23 bits per heavy atom. The third-order valence-electron chi connectivity index (χ3n) is 6.64. The highest BCUT2D eigenvalue weighted by Gasteiger charge is 2.51. The summed E-state index contributed by atoms with van der Waals surface area (Å²) in [5, 5.41) is 6.75. The number of amides is 2. The lowest BCUT2D eigenvalue weighted by Gasteiger charge is -2.56. The number of carbonyl (C=O) groups excluding carboxylic acids is 2. The lowest BCUT2D eigenvalue weighted by Crippen LogP contribution is -2.48. The van der Waals surface area contributed by atoms with Gasteiger partial charge in [0.25, 0.3) is 0 Å². The Kier molecular flexibility index (Phi) is 4.53. The molecule has 0 aromatic carbocycles. The first-order valence-corrected chi connectivity index (χ1v) is 9.84. The van der Waals surface area contributed by atoms with E-state index < -0.39 is 0 Å². The van der Waals surface area contributed by atoms with Crippen LogP contribution < -0.4 is 5.32 Å². The second kappa shape index (κ2) is 6.71. The van der Waals surface area contributed by atoms with Crippen LogP contribution in [-0.2, 0) is 16.1 Å². The third-order valence-corrected chi connectivity index (χ3v) is 6.64. The number of hydrogen-bond acceptors (Lipinski definition) is 4. The first-order valence-electron chi connectivity index (χ1n) is 9.84. The number of aryl methyl sites for hydroxylation is 1. The zero-order valence-corrected chi connectivity index (χ0v) is 15.8. The molecule has 1 aromatic rings. The molecule has 1 aromatic heterocycles. The molecule has 0 saturated heterocycles. The van der Waals surface area contributed by atoms with Crippen molar-refractivity contribution in [2.24, 2.45) is 23.2 Å². The van der Waals surface area contributed by atoms with Crippen LogP contribution in [0.15, 0.2) is 10.6 Å². The molecule has 142 valence electrons. The van der Waals surface area contributed by atoms with Gasteiger partial charge in [-0.2, -0.15) is 0 Å². The van der Waals surface area contributed by atoms with Crippen LogP contribution in [0.2, 0.25) is 0 Å². The fourth-order valence-corrected chi connectivity index (χ4v) is 6.04. The number of carbonyl (C=O) groups is 2. The fraction of sp³-hybridized carbons (Fsp3) is 0.750. The summed E-state index contributed by atoms with van der Waals surface area (Å²) in [4.78, 5) is 26.4. The number of nitrogens with one attached hydrogen (secondary N) is 1. The molecule has 4 bridgehead atoms. The molecule has 0 spiro atoms. The molecular formula is C20H29N3O3. The van der Waals surface area contributed by atoms with Crippen LogP contribution in [0.5, 0.6) is 0 Å². The third kappa shape index (κ3) is 3.64. The summed E-state index contributed by atoms with van der Waals surface area (Å²) in [6.45, 7) is 2.27. The molecule has 2 amide bonds. The normalized spacial score (nSPS) is 31.8. The molecule has 0 unspecified atom stereocenters. The van der Waals surface area contributed by atoms with E-state index in [1.807, 2.05) is 13.0 Å². The maximum atomic E-state index is 12.5. The molecule has 4 aliphatic carbocycles. The summed E-state index contributed by atoms with van der Waals surface area (Å²) in [7, 11) is 1.72. The second-order valence-electron chi connectivity index (χ2n) is 9.05. The van der Waals surface area contributed by atoms with Crippen LogP contribution in [-0.4, -0.2) is 35.5 Å². The maximum absolute atomic E-state index is 12.5. The predicted octanol–water partition coefficient (Wildman–Crippen LogP) is 2.66. The van der Waals surface area contributed by atoms with Gasteiger partial charge in [0.2, 0.25) is 11.8 Å². The van der Waals surface area contributed by atoms with Crippen molar-refractivity contribution in [3.8, 4) is 0 Å². The highest BCUT2D eigenvalue weighted by Crippen LogP contribution is 2.61. The van der Waals surface area contributed by atoms with Gasteiger partial charge in [-0.15, -0.1) is 0 Å². The van der Waals surface area contributed by atoms with Crippen molar-refractivity contribution in [3.63, 3.8) is 0 Å². The number of aromatic nitrogens is 1. The number of likely N-dealkylation sites (N-methyl/N-ethyl adjacent to an activating group) is 1. The molecule has 0 aliphatic heterocycles. The molecule has 4 aliphatic rings. The Morgan fingerprint density at radius 2 is 1.85 bits per heavy atom. The molecule has 1 heterocycles. The van der Waals surface area contributed by atoms with Crippen molar-refractivity contribution in [1.82, 2.24) is 15.4 Å². The van der Waals surface area contributed by atoms with Crippen LogP contribution in [0.1, 0.15) is 56.4 Å². The zero-order valence-electron chi connectivity index (χ0n) is 15.8. The van der Waals surface area contributed by atoms with E-state index in [4.69, 9.17) is 4.52 Å². The SMILES string of the molecule is Cc1cc(CN(C)C(=O)CNC(=O)CC23CC4CC(CC(C4)C2)C3)no1. The molecule has 0 radical (unpaired) electrons. The topological polar surface area (TPSA) is 75.4 Å². The minimum atomic E-state index is -0.107. The van der Waals surface area contributed by atoms with Gasteiger partial charge in [-0.1, -0.05) is 5.16 Å². The highest BCUT2D eigenvalue weighted by atomic mass is 16.5. The first kappa shape index (κ1) is 17.6. The van der Waals surface area contributed by atoms with Crippen molar-refractivity contribution in [2.45, 2.75) is 58.4 Å². The minimum Gasteiger partial charge on any atom is -0.361 e. The highest BCUT2D eigenvalue weighted by molar-refractivity contribution is 5.84. The quantitative estimate of drug-likeness (QED) is 0.847. The summed E-state index contributed by atoms with van der Waals surface area (Å²) < 4.78 is 5.02. The van der Waals surface area contributed by atoms with Crippen LogP contribution >= 0.6 is 0 Å². The van der Waals surface area contributed by atoms with Crippen LogP contribution in [0.3, 0.4) is 0 Å². The summed E-state index contributed by atoms with van der Waals surface area (Å²) in [6.07, 6.45) is 8.38. The van der Waals surface area contributed by atoms with E-state index in [2.05, 4.69) is 10.5 Å². The minimum absolute atomic E-state index is 0.0333. The molecule has 4 fully saturated rings. The van der Waals surface area contributed by atoms with Crippen molar-refractivity contribution in [3.05, 3.63) is 17.5 Å². The van der Waals surface area contributed by atoms with Crippen molar-refractivity contribution < 1.29 is 14.1 Å². The van der Waals surface area contributed by atoms with Crippen molar-refractivity contribution in [1.29, 1.82) is 0 Å². The van der Waals surface area contributed by atoms with Gasteiger partial charge < -0.3 is 14.7 Å². The Morgan fingerprint density at radius 3 is 2.38 bits per heavy atom. The number of hydrogen-bond donors (Lipinski definition) is 1. The Bertz CT molecular complexity index is 661. The van der Waals surface area contributed by atoms with Gasteiger partial charge >= 0.3 is 0 Å². The van der Waals surface area contributed by atoms with Gasteiger partial charge in [0.05, 0.1) is 13.1 Å². The lowest BCUT2D eigenvalue weighted by atomic mass is 9.49. The molecule has 6 nitrogen and oxygen atoms in total. The molecule has 5 rings (SSSR count). The van der Waals surface area contributed by atoms with Crippen molar-refractivity contribution >= 4 is 11.8 Å². The Labute approximate surface area is 154 Å². The fourth-order valence-electron chi connectivity index (χ4n) is 6.04. The average Bonchev–Trinajstić information content (AvgIpc) is 2.95. The second-order valence-corrected chi connectivity index (χ2v) is 9.05. The van der Waals surface area contributed by atoms with Gasteiger partial charge in [-0.25, -0.2) is 0 Å². The molecule has 1 N–H and O–H groups in total. The van der Waals surface area contributed by atoms with Crippen LogP contribution in [0, 0.1) is 30.1 Å². The van der Waals surface area contributed by atoms with E-state index >= 15 is 0 Å². The predicted molar refractivity (Wildman–Crippen MR) is 95.9 cm³/mol. The maximum Gasteiger partial charge on any atom is 0.242 e. The Balaban J connectivity index is 1.25. The average molecular weight is 359 g/mol. The Hall–Kier alpha value is -1.85. The molecule has 26 heavy (non-hydrogen) atoms. The number of rotatable bonds is 6. The van der Waals surface area contributed by atoms with E-state index in [0.717, 1.165) is 29.2 Å². The summed E-state index contributed by atoms with van der Waals surface area (Å²) in [5.41, 5.74) is 0.935. The summed E-state index contributed by atoms with van der Waals surface area (Å²) in [5.74, 6) is 3.17. The summed E-state index contributed by atoms with van der Waals surface area (Å²) >= 11 is 0. The van der Waals surface area contributed by atoms with E-state index in [1.54, 1.807) is 11.9 Å². The zero-order chi connectivity index (χ0) is 18.3. The monoisotopic (exact) mass is 359 g/mol. The van der Waals surface area contributed by atoms with E-state index in [0.29, 0.717) is 13.0 Å². The molecule has 4 saturated carbocycles. The molecule has 0 atom stereocenters. The largest absolute Gasteiger partial charge is 0.361 e. The standard InChI is InChI=1S/C20H29N3O3/c1-13-3-17(22-26-13)12-23(2)19(25)11-21-18(24)10-20-7-14-4-15(8-20)6-16(5-14)9-20/h3,14-16H,4-12H2,1-2H3,(H,21,24). The van der Waals surface area contributed by atoms with Gasteiger partial charge in [0, 0.05) is 19.5 Å². The smallest absolute Gasteiger partial charge is 0.242 e. The molecular weight excluding hydrogens is 330 g/mol.